The summed E-state index contributed by atoms with van der Waals surface area (Å²) in [7, 11) is 0. The van der Waals surface area contributed by atoms with Gasteiger partial charge in [-0.2, -0.15) is 10.2 Å². The van der Waals surface area contributed by atoms with Crippen molar-refractivity contribution in [2.45, 2.75) is 19.8 Å². The lowest BCUT2D eigenvalue weighted by Gasteiger charge is -2.10. The quantitative estimate of drug-likeness (QED) is 0.0841. The van der Waals surface area contributed by atoms with Crippen LogP contribution in [0.3, 0.4) is 0 Å². The molecule has 6 rings (SSSR count). The van der Waals surface area contributed by atoms with Crippen LogP contribution in [-0.4, -0.2) is 80.2 Å². The zero-order valence-corrected chi connectivity index (χ0v) is 29.0. The van der Waals surface area contributed by atoms with Crippen molar-refractivity contribution in [3.8, 4) is 33.1 Å². The van der Waals surface area contributed by atoms with E-state index >= 15 is 0 Å². The predicted molar refractivity (Wildman–Crippen MR) is 197 cm³/mol. The van der Waals surface area contributed by atoms with Gasteiger partial charge in [-0.1, -0.05) is 36.4 Å². The molecule has 0 fully saturated rings. The van der Waals surface area contributed by atoms with Gasteiger partial charge in [-0.05, 0) is 67.1 Å². The van der Waals surface area contributed by atoms with Gasteiger partial charge in [-0.3, -0.25) is 34.4 Å². The van der Waals surface area contributed by atoms with Crippen LogP contribution >= 0.6 is 11.3 Å². The third-order valence-electron chi connectivity index (χ3n) is 7.98. The Morgan fingerprint density at radius 3 is 2.08 bits per heavy atom. The number of carbonyl (C=O) groups excluding carboxylic acids is 4. The van der Waals surface area contributed by atoms with Crippen molar-refractivity contribution in [1.82, 2.24) is 51.6 Å². The molecule has 0 saturated carbocycles. The lowest BCUT2D eigenvalue weighted by molar-refractivity contribution is 0.0931. The van der Waals surface area contributed by atoms with E-state index in [2.05, 4.69) is 51.6 Å². The topological polar surface area (TPSA) is 200 Å². The number of nitrogens with zero attached hydrogens (tertiary/aromatic N) is 4. The molecule has 4 amide bonds. The molecule has 0 saturated heterocycles. The number of benzene rings is 1. The van der Waals surface area contributed by atoms with Crippen molar-refractivity contribution in [3.05, 3.63) is 119 Å². The monoisotopic (exact) mass is 716 g/mol. The Kier molecular flexibility index (Phi) is 11.5. The summed E-state index contributed by atoms with van der Waals surface area (Å²) < 4.78 is 0. The number of hydrogen-bond acceptors (Lipinski definition) is 9. The minimum atomic E-state index is -0.300. The van der Waals surface area contributed by atoms with Crippen LogP contribution in [0.25, 0.3) is 33.1 Å². The van der Waals surface area contributed by atoms with Gasteiger partial charge in [0.15, 0.2) is 5.69 Å². The Morgan fingerprint density at radius 2 is 1.38 bits per heavy atom. The molecule has 1 aromatic carbocycles. The van der Waals surface area contributed by atoms with Crippen LogP contribution in [0.5, 0.6) is 0 Å². The number of aromatic amines is 2. The van der Waals surface area contributed by atoms with E-state index in [-0.39, 0.29) is 23.6 Å². The molecule has 264 valence electrons. The summed E-state index contributed by atoms with van der Waals surface area (Å²) in [4.78, 5) is 59.8. The lowest BCUT2D eigenvalue weighted by Crippen LogP contribution is -2.30. The van der Waals surface area contributed by atoms with E-state index in [0.29, 0.717) is 73.1 Å². The normalized spacial score (nSPS) is 10.8. The molecule has 5 heterocycles. The highest BCUT2D eigenvalue weighted by molar-refractivity contribution is 7.13. The van der Waals surface area contributed by atoms with Gasteiger partial charge in [0.05, 0.1) is 27.5 Å². The highest BCUT2D eigenvalue weighted by atomic mass is 32.1. The molecule has 0 spiro atoms. The van der Waals surface area contributed by atoms with Crippen molar-refractivity contribution in [1.29, 1.82) is 0 Å². The van der Waals surface area contributed by atoms with Crippen molar-refractivity contribution < 1.29 is 19.2 Å². The van der Waals surface area contributed by atoms with E-state index in [0.717, 1.165) is 27.3 Å². The van der Waals surface area contributed by atoms with E-state index in [1.165, 1.54) is 6.20 Å². The summed E-state index contributed by atoms with van der Waals surface area (Å²) in [6.45, 7) is 3.34. The van der Waals surface area contributed by atoms with E-state index in [1.54, 1.807) is 41.8 Å². The average molecular weight is 717 g/mol. The van der Waals surface area contributed by atoms with Gasteiger partial charge in [-0.25, -0.2) is 4.98 Å². The first-order valence-electron chi connectivity index (χ1n) is 16.6. The SMILES string of the molecule is Cc1ccc(-c2ccc(-c3cc(C(=O)NCCCNC(=O)c4cccnc4)[nH]n3)cc2)nc1C(=O)NCCCNC(=O)c1cc(-c2cccs2)[nH]n1. The Hall–Kier alpha value is -6.48. The Balaban J connectivity index is 0.945. The summed E-state index contributed by atoms with van der Waals surface area (Å²) in [6, 6.07) is 21.9. The maximum absolute atomic E-state index is 13.0. The van der Waals surface area contributed by atoms with Gasteiger partial charge >= 0.3 is 0 Å². The molecule has 0 unspecified atom stereocenters. The second-order valence-corrected chi connectivity index (χ2v) is 12.7. The number of carbonyl (C=O) groups is 4. The van der Waals surface area contributed by atoms with E-state index in [1.807, 2.05) is 60.8 Å². The van der Waals surface area contributed by atoms with E-state index in [4.69, 9.17) is 0 Å². The van der Waals surface area contributed by atoms with Gasteiger partial charge in [0.1, 0.15) is 11.4 Å². The summed E-state index contributed by atoms with van der Waals surface area (Å²) in [5, 5.41) is 27.4. The Labute approximate surface area is 302 Å². The van der Waals surface area contributed by atoms with Crippen LogP contribution in [0, 0.1) is 6.92 Å². The first kappa shape index (κ1) is 35.3. The third kappa shape index (κ3) is 9.00. The molecule has 0 bridgehead atoms. The van der Waals surface area contributed by atoms with Crippen molar-refractivity contribution in [2.24, 2.45) is 0 Å². The number of thiophene rings is 1. The van der Waals surface area contributed by atoms with Crippen LogP contribution in [0.2, 0.25) is 0 Å². The van der Waals surface area contributed by atoms with Crippen molar-refractivity contribution in [3.63, 3.8) is 0 Å². The molecular weight excluding hydrogens is 681 g/mol. The number of amides is 4. The number of H-pyrrole nitrogens is 2. The fraction of sp³-hybridized carbons (Fsp3) is 0.189. The maximum atomic E-state index is 13.0. The fourth-order valence-corrected chi connectivity index (χ4v) is 5.86. The van der Waals surface area contributed by atoms with E-state index in [9.17, 15) is 19.2 Å². The largest absolute Gasteiger partial charge is 0.352 e. The van der Waals surface area contributed by atoms with Crippen molar-refractivity contribution in [2.75, 3.05) is 26.2 Å². The zero-order chi connectivity index (χ0) is 36.3. The molecule has 6 N–H and O–H groups in total. The molecule has 14 nitrogen and oxygen atoms in total. The summed E-state index contributed by atoms with van der Waals surface area (Å²) in [5.74, 6) is -1.10. The first-order chi connectivity index (χ1) is 25.4. The number of hydrogen-bond donors (Lipinski definition) is 6. The second kappa shape index (κ2) is 17.0. The molecule has 0 aliphatic rings. The van der Waals surface area contributed by atoms with Crippen LogP contribution in [0.4, 0.5) is 0 Å². The fourth-order valence-electron chi connectivity index (χ4n) is 5.17. The van der Waals surface area contributed by atoms with E-state index < -0.39 is 0 Å². The zero-order valence-electron chi connectivity index (χ0n) is 28.2. The predicted octanol–water partition coefficient (Wildman–Crippen LogP) is 4.39. The smallest absolute Gasteiger partial charge is 0.271 e. The molecule has 52 heavy (non-hydrogen) atoms. The van der Waals surface area contributed by atoms with Crippen LogP contribution in [0.1, 0.15) is 60.2 Å². The lowest BCUT2D eigenvalue weighted by atomic mass is 10.0. The number of nitrogens with one attached hydrogen (secondary N) is 6. The summed E-state index contributed by atoms with van der Waals surface area (Å²) in [5.41, 5.74) is 5.80. The van der Waals surface area contributed by atoms with Gasteiger partial charge in [-0.15, -0.1) is 11.3 Å². The van der Waals surface area contributed by atoms with Gasteiger partial charge in [0.25, 0.3) is 23.6 Å². The molecular formula is C37H36N10O4S. The molecule has 0 radical (unpaired) electrons. The van der Waals surface area contributed by atoms with Gasteiger partial charge < -0.3 is 21.3 Å². The minimum absolute atomic E-state index is 0.213. The number of rotatable bonds is 15. The maximum Gasteiger partial charge on any atom is 0.271 e. The average Bonchev–Trinajstić information content (AvgIpc) is 3.98. The summed E-state index contributed by atoms with van der Waals surface area (Å²) >= 11 is 1.56. The molecule has 5 aromatic heterocycles. The number of aryl methyl sites for hydroxylation is 1. The second-order valence-electron chi connectivity index (χ2n) is 11.7. The van der Waals surface area contributed by atoms with Crippen LogP contribution in [0.15, 0.2) is 90.6 Å². The van der Waals surface area contributed by atoms with Crippen LogP contribution < -0.4 is 21.3 Å². The molecule has 0 aliphatic carbocycles. The molecule has 6 aromatic rings. The minimum Gasteiger partial charge on any atom is -0.352 e. The molecule has 0 atom stereocenters. The highest BCUT2D eigenvalue weighted by Crippen LogP contribution is 2.25. The Morgan fingerprint density at radius 1 is 0.692 bits per heavy atom. The third-order valence-corrected chi connectivity index (χ3v) is 8.88. The summed E-state index contributed by atoms with van der Waals surface area (Å²) in [6.07, 6.45) is 4.19. The number of pyridine rings is 2. The van der Waals surface area contributed by atoms with Crippen molar-refractivity contribution >= 4 is 35.0 Å². The first-order valence-corrected chi connectivity index (χ1v) is 17.5. The van der Waals surface area contributed by atoms with Gasteiger partial charge in [0, 0.05) is 49.7 Å². The van der Waals surface area contributed by atoms with Crippen LogP contribution in [-0.2, 0) is 0 Å². The number of aromatic nitrogens is 6. The highest BCUT2D eigenvalue weighted by Gasteiger charge is 2.15. The van der Waals surface area contributed by atoms with Gasteiger partial charge in [0.2, 0.25) is 0 Å². The Bertz CT molecular complexity index is 2140. The standard InChI is InChI=1S/C37H36N10O4S/c1-23-8-13-27(43-33(23)37(51)42-18-5-17-41-36(50)31-21-29(45-47-31)32-7-3-19-52-32)24-9-11-25(12-10-24)28-20-30(46-44-28)35(49)40-16-4-15-39-34(48)26-6-2-14-38-22-26/h2-3,6-14,19-22H,4-5,15-18H2,1H3,(H,39,48)(H,40,49)(H,41,50)(H,42,51)(H,44,46)(H,45,47). The molecule has 15 heteroatoms. The molecule has 0 aliphatic heterocycles.